The predicted octanol–water partition coefficient (Wildman–Crippen LogP) is 3.88. The number of piperidine rings is 2. The van der Waals surface area contributed by atoms with E-state index in [-0.39, 0.29) is 22.2 Å². The monoisotopic (exact) mass is 323 g/mol. The van der Waals surface area contributed by atoms with Gasteiger partial charge in [0, 0.05) is 34.2 Å². The molecule has 0 aromatic rings. The largest absolute Gasteiger partial charge is 0.311 e. The summed E-state index contributed by atoms with van der Waals surface area (Å²) in [5.41, 5.74) is 1.04. The minimum atomic E-state index is 0.260. The van der Waals surface area contributed by atoms with Crippen LogP contribution in [0.1, 0.15) is 81.1 Å². The maximum Gasteiger partial charge on any atom is 0.0170 e. The van der Waals surface area contributed by atoms with E-state index >= 15 is 0 Å². The fourth-order valence-corrected chi connectivity index (χ4v) is 5.31. The van der Waals surface area contributed by atoms with Crippen LogP contribution in [0.5, 0.6) is 0 Å². The molecule has 2 aliphatic rings. The standard InChI is InChI=1S/C20H41N3/c1-17(2)11-15(12-18(3,4)22(17)9)21-16-13-19(5,6)23(10)20(7,8)14-16/h15-16,21H,11-14H2,1-10H3. The molecule has 0 amide bonds. The molecule has 0 aromatic carbocycles. The Labute approximate surface area is 145 Å². The summed E-state index contributed by atoms with van der Waals surface area (Å²) in [5.74, 6) is 0. The normalized spacial score (nSPS) is 32.1. The van der Waals surface area contributed by atoms with Crippen LogP contribution in [0.15, 0.2) is 0 Å². The molecule has 2 aliphatic heterocycles. The predicted molar refractivity (Wildman–Crippen MR) is 101 cm³/mol. The Hall–Kier alpha value is -0.120. The van der Waals surface area contributed by atoms with Crippen LogP contribution in [0.2, 0.25) is 0 Å². The molecule has 2 rings (SSSR count). The summed E-state index contributed by atoms with van der Waals surface area (Å²) in [4.78, 5) is 5.14. The summed E-state index contributed by atoms with van der Waals surface area (Å²) in [6, 6.07) is 1.24. The molecule has 23 heavy (non-hydrogen) atoms. The number of nitrogens with one attached hydrogen (secondary N) is 1. The molecule has 0 atom stereocenters. The van der Waals surface area contributed by atoms with Gasteiger partial charge in [0.15, 0.2) is 0 Å². The Kier molecular flexibility index (Phi) is 4.77. The molecule has 0 aromatic heterocycles. The van der Waals surface area contributed by atoms with Crippen molar-refractivity contribution >= 4 is 0 Å². The Morgan fingerprint density at radius 3 is 1.00 bits per heavy atom. The molecule has 0 spiro atoms. The molecule has 0 saturated carbocycles. The molecule has 2 saturated heterocycles. The van der Waals surface area contributed by atoms with Gasteiger partial charge < -0.3 is 5.32 Å². The van der Waals surface area contributed by atoms with Crippen molar-refractivity contribution < 1.29 is 0 Å². The molecule has 1 N–H and O–H groups in total. The summed E-state index contributed by atoms with van der Waals surface area (Å²) in [7, 11) is 4.58. The van der Waals surface area contributed by atoms with Crippen LogP contribution in [0.4, 0.5) is 0 Å². The third kappa shape index (κ3) is 3.77. The van der Waals surface area contributed by atoms with Crippen LogP contribution in [0.3, 0.4) is 0 Å². The lowest BCUT2D eigenvalue weighted by Gasteiger charge is -2.57. The molecular weight excluding hydrogens is 282 g/mol. The molecule has 0 unspecified atom stereocenters. The van der Waals surface area contributed by atoms with Crippen molar-refractivity contribution in [1.29, 1.82) is 0 Å². The van der Waals surface area contributed by atoms with Crippen molar-refractivity contribution in [3.8, 4) is 0 Å². The lowest BCUT2D eigenvalue weighted by molar-refractivity contribution is -0.0411. The Bertz CT molecular complexity index is 360. The van der Waals surface area contributed by atoms with Gasteiger partial charge in [0.25, 0.3) is 0 Å². The van der Waals surface area contributed by atoms with Gasteiger partial charge >= 0.3 is 0 Å². The molecule has 3 nitrogen and oxygen atoms in total. The molecule has 0 aliphatic carbocycles. The average Bonchev–Trinajstić information content (AvgIpc) is 2.31. The van der Waals surface area contributed by atoms with Crippen molar-refractivity contribution in [2.45, 2.75) is 115 Å². The lowest BCUT2D eigenvalue weighted by atomic mass is 9.74. The van der Waals surface area contributed by atoms with Gasteiger partial charge in [0.1, 0.15) is 0 Å². The van der Waals surface area contributed by atoms with Crippen LogP contribution in [-0.4, -0.2) is 58.1 Å². The van der Waals surface area contributed by atoms with E-state index in [9.17, 15) is 0 Å². The fraction of sp³-hybridized carbons (Fsp3) is 1.00. The minimum absolute atomic E-state index is 0.260. The summed E-state index contributed by atoms with van der Waals surface area (Å²) < 4.78 is 0. The number of likely N-dealkylation sites (tertiary alicyclic amines) is 2. The Morgan fingerprint density at radius 1 is 0.565 bits per heavy atom. The molecule has 0 bridgehead atoms. The third-order valence-electron chi connectivity index (χ3n) is 7.09. The van der Waals surface area contributed by atoms with Crippen molar-refractivity contribution in [2.24, 2.45) is 0 Å². The number of rotatable bonds is 2. The van der Waals surface area contributed by atoms with Crippen LogP contribution < -0.4 is 5.32 Å². The molecule has 3 heteroatoms. The zero-order valence-electron chi connectivity index (χ0n) is 17.4. The fourth-order valence-electron chi connectivity index (χ4n) is 5.31. The van der Waals surface area contributed by atoms with Gasteiger partial charge in [-0.15, -0.1) is 0 Å². The summed E-state index contributed by atoms with van der Waals surface area (Å²) >= 11 is 0. The van der Waals surface area contributed by atoms with Crippen molar-refractivity contribution in [2.75, 3.05) is 14.1 Å². The van der Waals surface area contributed by atoms with E-state index in [1.165, 1.54) is 25.7 Å². The van der Waals surface area contributed by atoms with E-state index in [4.69, 9.17) is 0 Å². The summed E-state index contributed by atoms with van der Waals surface area (Å²) in [5, 5.41) is 4.07. The van der Waals surface area contributed by atoms with E-state index < -0.39 is 0 Å². The van der Waals surface area contributed by atoms with Crippen LogP contribution >= 0.6 is 0 Å². The molecular formula is C20H41N3. The Balaban J connectivity index is 2.10. The quantitative estimate of drug-likeness (QED) is 0.832. The van der Waals surface area contributed by atoms with Crippen LogP contribution in [0, 0.1) is 0 Å². The molecule has 0 radical (unpaired) electrons. The highest BCUT2D eigenvalue weighted by atomic mass is 15.3. The molecule has 2 heterocycles. The summed E-state index contributed by atoms with van der Waals surface area (Å²) in [6.07, 6.45) is 4.94. The number of hydrogen-bond acceptors (Lipinski definition) is 3. The first-order valence-corrected chi connectivity index (χ1v) is 9.41. The maximum atomic E-state index is 4.07. The first-order chi connectivity index (χ1) is 10.2. The second-order valence-corrected chi connectivity index (χ2v) is 10.7. The highest BCUT2D eigenvalue weighted by molar-refractivity contribution is 5.05. The summed E-state index contributed by atoms with van der Waals surface area (Å²) in [6.45, 7) is 19.2. The first-order valence-electron chi connectivity index (χ1n) is 9.41. The van der Waals surface area contributed by atoms with Crippen LogP contribution in [0.25, 0.3) is 0 Å². The van der Waals surface area contributed by atoms with Crippen molar-refractivity contribution in [3.05, 3.63) is 0 Å². The zero-order valence-corrected chi connectivity index (χ0v) is 17.4. The van der Waals surface area contributed by atoms with Crippen LogP contribution in [-0.2, 0) is 0 Å². The van der Waals surface area contributed by atoms with E-state index in [0.29, 0.717) is 12.1 Å². The van der Waals surface area contributed by atoms with Gasteiger partial charge in [-0.3, -0.25) is 9.80 Å². The SMILES string of the molecule is CN1C(C)(C)CC(NC2CC(C)(C)N(C)C(C)(C)C2)CC1(C)C. The van der Waals surface area contributed by atoms with E-state index in [2.05, 4.69) is 84.6 Å². The highest BCUT2D eigenvalue weighted by Crippen LogP contribution is 2.40. The minimum Gasteiger partial charge on any atom is -0.311 e. The van der Waals surface area contributed by atoms with Gasteiger partial charge in [0.2, 0.25) is 0 Å². The second-order valence-electron chi connectivity index (χ2n) is 10.7. The van der Waals surface area contributed by atoms with Gasteiger partial charge in [-0.2, -0.15) is 0 Å². The maximum absolute atomic E-state index is 4.07. The van der Waals surface area contributed by atoms with E-state index in [1.807, 2.05) is 0 Å². The van der Waals surface area contributed by atoms with Gasteiger partial charge in [-0.25, -0.2) is 0 Å². The topological polar surface area (TPSA) is 18.5 Å². The first kappa shape index (κ1) is 19.2. The number of hydrogen-bond donors (Lipinski definition) is 1. The zero-order chi connectivity index (χ0) is 17.8. The third-order valence-corrected chi connectivity index (χ3v) is 7.09. The van der Waals surface area contributed by atoms with E-state index in [0.717, 1.165) is 0 Å². The van der Waals surface area contributed by atoms with E-state index in [1.54, 1.807) is 0 Å². The van der Waals surface area contributed by atoms with Gasteiger partial charge in [-0.05, 0) is 95.2 Å². The van der Waals surface area contributed by atoms with Gasteiger partial charge in [0.05, 0.1) is 0 Å². The van der Waals surface area contributed by atoms with Gasteiger partial charge in [-0.1, -0.05) is 0 Å². The second kappa shape index (κ2) is 5.71. The average molecular weight is 324 g/mol. The lowest BCUT2D eigenvalue weighted by Crippen LogP contribution is -2.66. The molecule has 136 valence electrons. The van der Waals surface area contributed by atoms with Crippen molar-refractivity contribution in [3.63, 3.8) is 0 Å². The van der Waals surface area contributed by atoms with Crippen molar-refractivity contribution in [1.82, 2.24) is 15.1 Å². The Morgan fingerprint density at radius 2 is 0.783 bits per heavy atom. The smallest absolute Gasteiger partial charge is 0.0170 e. The number of nitrogens with zero attached hydrogens (tertiary/aromatic N) is 2. The molecule has 2 fully saturated rings. The highest BCUT2D eigenvalue weighted by Gasteiger charge is 2.46.